The number of esters is 1. The van der Waals surface area contributed by atoms with Gasteiger partial charge in [0, 0.05) is 10.5 Å². The summed E-state index contributed by atoms with van der Waals surface area (Å²) in [6, 6.07) is 2.54. The summed E-state index contributed by atoms with van der Waals surface area (Å²) < 4.78 is 18.9. The van der Waals surface area contributed by atoms with Gasteiger partial charge in [-0.15, -0.1) is 0 Å². The molecule has 1 rings (SSSR count). The molecule has 0 amide bonds. The van der Waals surface area contributed by atoms with Crippen molar-refractivity contribution in [2.24, 2.45) is 5.73 Å². The van der Waals surface area contributed by atoms with E-state index >= 15 is 0 Å². The number of benzene rings is 1. The highest BCUT2D eigenvalue weighted by Crippen LogP contribution is 2.25. The van der Waals surface area contributed by atoms with E-state index in [1.54, 1.807) is 19.9 Å². The number of halogens is 2. The molecule has 0 saturated heterocycles. The van der Waals surface area contributed by atoms with Crippen molar-refractivity contribution in [2.45, 2.75) is 26.3 Å². The standard InChI is InChI=1S/C12H15BrFNO2/c1-3-17-12(16)6-11(15)9-4-8(13)5-10(14)7(9)2/h4-5,11H,3,6,15H2,1-2H3. The molecule has 0 spiro atoms. The lowest BCUT2D eigenvalue weighted by Crippen LogP contribution is -2.18. The molecule has 17 heavy (non-hydrogen) atoms. The quantitative estimate of drug-likeness (QED) is 0.870. The maximum atomic E-state index is 13.5. The third-order valence-corrected chi connectivity index (χ3v) is 2.90. The van der Waals surface area contributed by atoms with Gasteiger partial charge in [0.15, 0.2) is 0 Å². The molecular weight excluding hydrogens is 289 g/mol. The number of carbonyl (C=O) groups excluding carboxylic acids is 1. The number of ether oxygens (including phenoxy) is 1. The van der Waals surface area contributed by atoms with E-state index in [4.69, 9.17) is 10.5 Å². The molecule has 0 aliphatic rings. The van der Waals surface area contributed by atoms with Crippen molar-refractivity contribution >= 4 is 21.9 Å². The van der Waals surface area contributed by atoms with Gasteiger partial charge >= 0.3 is 5.97 Å². The molecule has 0 radical (unpaired) electrons. The highest BCUT2D eigenvalue weighted by molar-refractivity contribution is 9.10. The maximum Gasteiger partial charge on any atom is 0.307 e. The highest BCUT2D eigenvalue weighted by Gasteiger charge is 2.17. The van der Waals surface area contributed by atoms with Gasteiger partial charge in [-0.2, -0.15) is 0 Å². The van der Waals surface area contributed by atoms with Gasteiger partial charge in [-0.3, -0.25) is 4.79 Å². The van der Waals surface area contributed by atoms with Gasteiger partial charge < -0.3 is 10.5 Å². The number of hydrogen-bond donors (Lipinski definition) is 1. The number of nitrogens with two attached hydrogens (primary N) is 1. The average Bonchev–Trinajstić information content (AvgIpc) is 2.23. The van der Waals surface area contributed by atoms with E-state index < -0.39 is 6.04 Å². The topological polar surface area (TPSA) is 52.3 Å². The predicted molar refractivity (Wildman–Crippen MR) is 67.0 cm³/mol. The molecule has 0 aromatic heterocycles. The van der Waals surface area contributed by atoms with Gasteiger partial charge in [0.1, 0.15) is 5.82 Å². The molecule has 5 heteroatoms. The Labute approximate surface area is 108 Å². The monoisotopic (exact) mass is 303 g/mol. The van der Waals surface area contributed by atoms with Gasteiger partial charge in [0.05, 0.1) is 13.0 Å². The van der Waals surface area contributed by atoms with E-state index in [-0.39, 0.29) is 18.2 Å². The SMILES string of the molecule is CCOC(=O)CC(N)c1cc(Br)cc(F)c1C. The van der Waals surface area contributed by atoms with Crippen molar-refractivity contribution in [3.05, 3.63) is 33.5 Å². The van der Waals surface area contributed by atoms with Gasteiger partial charge in [0.25, 0.3) is 0 Å². The summed E-state index contributed by atoms with van der Waals surface area (Å²) in [7, 11) is 0. The normalized spacial score (nSPS) is 12.3. The van der Waals surface area contributed by atoms with Crippen LogP contribution in [-0.2, 0) is 9.53 Å². The summed E-state index contributed by atoms with van der Waals surface area (Å²) >= 11 is 3.20. The highest BCUT2D eigenvalue weighted by atomic mass is 79.9. The van der Waals surface area contributed by atoms with Crippen LogP contribution in [0.4, 0.5) is 4.39 Å². The first-order chi connectivity index (χ1) is 7.95. The van der Waals surface area contributed by atoms with Gasteiger partial charge in [0.2, 0.25) is 0 Å². The Bertz CT molecular complexity index is 423. The lowest BCUT2D eigenvalue weighted by molar-refractivity contribution is -0.143. The zero-order valence-electron chi connectivity index (χ0n) is 9.80. The Balaban J connectivity index is 2.88. The minimum atomic E-state index is -0.555. The Kier molecular flexibility index (Phi) is 5.08. The van der Waals surface area contributed by atoms with Crippen LogP contribution in [0.5, 0.6) is 0 Å². The summed E-state index contributed by atoms with van der Waals surface area (Å²) in [5.41, 5.74) is 6.96. The van der Waals surface area contributed by atoms with Crippen molar-refractivity contribution in [3.8, 4) is 0 Å². The fourth-order valence-electron chi connectivity index (χ4n) is 1.56. The van der Waals surface area contributed by atoms with Crippen LogP contribution in [0.15, 0.2) is 16.6 Å². The van der Waals surface area contributed by atoms with Gasteiger partial charge in [-0.25, -0.2) is 4.39 Å². The zero-order valence-corrected chi connectivity index (χ0v) is 11.4. The Morgan fingerprint density at radius 3 is 2.82 bits per heavy atom. The third kappa shape index (κ3) is 3.78. The second kappa shape index (κ2) is 6.12. The van der Waals surface area contributed by atoms with Crippen molar-refractivity contribution in [1.29, 1.82) is 0 Å². The molecule has 0 bridgehead atoms. The molecule has 0 aliphatic carbocycles. The molecule has 1 atom stereocenters. The third-order valence-electron chi connectivity index (χ3n) is 2.44. The van der Waals surface area contributed by atoms with Gasteiger partial charge in [-0.05, 0) is 37.1 Å². The molecular formula is C12H15BrFNO2. The molecule has 1 aromatic rings. The summed E-state index contributed by atoms with van der Waals surface area (Å²) in [6.45, 7) is 3.69. The van der Waals surface area contributed by atoms with Gasteiger partial charge in [-0.1, -0.05) is 15.9 Å². The number of rotatable bonds is 4. The lowest BCUT2D eigenvalue weighted by atomic mass is 9.99. The molecule has 3 nitrogen and oxygen atoms in total. The molecule has 1 unspecified atom stereocenters. The maximum absolute atomic E-state index is 13.5. The van der Waals surface area contributed by atoms with Crippen molar-refractivity contribution < 1.29 is 13.9 Å². The van der Waals surface area contributed by atoms with Crippen LogP contribution in [0.1, 0.15) is 30.5 Å². The van der Waals surface area contributed by atoms with Crippen LogP contribution < -0.4 is 5.73 Å². The fraction of sp³-hybridized carbons (Fsp3) is 0.417. The summed E-state index contributed by atoms with van der Waals surface area (Å²) in [6.07, 6.45) is 0.0462. The molecule has 0 saturated carbocycles. The van der Waals surface area contributed by atoms with Crippen LogP contribution in [0, 0.1) is 12.7 Å². The largest absolute Gasteiger partial charge is 0.466 e. The van der Waals surface area contributed by atoms with Crippen LogP contribution in [0.3, 0.4) is 0 Å². The first-order valence-electron chi connectivity index (χ1n) is 5.32. The van der Waals surface area contributed by atoms with Crippen molar-refractivity contribution in [2.75, 3.05) is 6.61 Å². The minimum absolute atomic E-state index is 0.0462. The number of hydrogen-bond acceptors (Lipinski definition) is 3. The molecule has 2 N–H and O–H groups in total. The molecule has 0 fully saturated rings. The van der Waals surface area contributed by atoms with Crippen molar-refractivity contribution in [3.63, 3.8) is 0 Å². The fourth-order valence-corrected chi connectivity index (χ4v) is 2.01. The van der Waals surface area contributed by atoms with E-state index in [1.165, 1.54) is 6.07 Å². The van der Waals surface area contributed by atoms with Crippen molar-refractivity contribution in [1.82, 2.24) is 0 Å². The Morgan fingerprint density at radius 2 is 2.24 bits per heavy atom. The molecule has 0 aliphatic heterocycles. The first-order valence-corrected chi connectivity index (χ1v) is 6.11. The second-order valence-corrected chi connectivity index (χ2v) is 4.63. The van der Waals surface area contributed by atoms with E-state index in [1.807, 2.05) is 0 Å². The Morgan fingerprint density at radius 1 is 1.59 bits per heavy atom. The van der Waals surface area contributed by atoms with E-state index in [0.29, 0.717) is 22.2 Å². The average molecular weight is 304 g/mol. The summed E-state index contributed by atoms with van der Waals surface area (Å²) in [4.78, 5) is 11.3. The Hall–Kier alpha value is -0.940. The zero-order chi connectivity index (χ0) is 13.0. The van der Waals surface area contributed by atoms with E-state index in [0.717, 1.165) is 0 Å². The number of carbonyl (C=O) groups is 1. The molecule has 0 heterocycles. The van der Waals surface area contributed by atoms with Crippen LogP contribution >= 0.6 is 15.9 Å². The van der Waals surface area contributed by atoms with E-state index in [2.05, 4.69) is 15.9 Å². The summed E-state index contributed by atoms with van der Waals surface area (Å²) in [5, 5.41) is 0. The van der Waals surface area contributed by atoms with Crippen LogP contribution in [0.25, 0.3) is 0 Å². The first kappa shape index (κ1) is 14.1. The second-order valence-electron chi connectivity index (χ2n) is 3.72. The van der Waals surface area contributed by atoms with Crippen LogP contribution in [0.2, 0.25) is 0 Å². The van der Waals surface area contributed by atoms with E-state index in [9.17, 15) is 9.18 Å². The molecule has 94 valence electrons. The lowest BCUT2D eigenvalue weighted by Gasteiger charge is -2.15. The minimum Gasteiger partial charge on any atom is -0.466 e. The summed E-state index contributed by atoms with van der Waals surface area (Å²) in [5.74, 6) is -0.714. The smallest absolute Gasteiger partial charge is 0.307 e. The molecule has 1 aromatic carbocycles. The van der Waals surface area contributed by atoms with Crippen LogP contribution in [-0.4, -0.2) is 12.6 Å². The predicted octanol–water partition coefficient (Wildman–Crippen LogP) is 2.85.